The second-order valence-corrected chi connectivity index (χ2v) is 6.06. The van der Waals surface area contributed by atoms with Crippen molar-refractivity contribution in [1.82, 2.24) is 14.9 Å². The lowest BCUT2D eigenvalue weighted by Crippen LogP contribution is -2.31. The van der Waals surface area contributed by atoms with Gasteiger partial charge >= 0.3 is 6.03 Å². The van der Waals surface area contributed by atoms with Gasteiger partial charge in [0.15, 0.2) is 0 Å². The molecule has 0 fully saturated rings. The van der Waals surface area contributed by atoms with Crippen molar-refractivity contribution < 1.29 is 4.79 Å². The van der Waals surface area contributed by atoms with Gasteiger partial charge in [0.25, 0.3) is 0 Å². The average molecular weight is 370 g/mol. The Kier molecular flexibility index (Phi) is 5.69. The second-order valence-electron chi connectivity index (χ2n) is 6.06. The molecule has 0 saturated heterocycles. The zero-order chi connectivity index (χ0) is 19.9. The quantitative estimate of drug-likeness (QED) is 0.668. The van der Waals surface area contributed by atoms with Gasteiger partial charge < -0.3 is 15.5 Å². The number of anilines is 3. The molecule has 138 valence electrons. The summed E-state index contributed by atoms with van der Waals surface area (Å²) in [7, 11) is 1.64. The van der Waals surface area contributed by atoms with Crippen LogP contribution in [0.4, 0.5) is 22.0 Å². The van der Waals surface area contributed by atoms with Crippen LogP contribution in [-0.4, -0.2) is 34.5 Å². The summed E-state index contributed by atoms with van der Waals surface area (Å²) < 4.78 is 0. The molecular weight excluding hydrogens is 352 g/mol. The van der Waals surface area contributed by atoms with Gasteiger partial charge in [-0.1, -0.05) is 12.0 Å². The fourth-order valence-electron chi connectivity index (χ4n) is 2.60. The number of aromatic nitrogens is 2. The lowest BCUT2D eigenvalue weighted by Gasteiger charge is -2.17. The van der Waals surface area contributed by atoms with Crippen LogP contribution in [0.15, 0.2) is 48.8 Å². The number of nitriles is 1. The third kappa shape index (κ3) is 4.35. The Morgan fingerprint density at radius 1 is 1.21 bits per heavy atom. The summed E-state index contributed by atoms with van der Waals surface area (Å²) in [5, 5.41) is 15.5. The maximum Gasteiger partial charge on any atom is 0.321 e. The minimum Gasteiger partial charge on any atom is -0.340 e. The van der Waals surface area contributed by atoms with Crippen LogP contribution in [0.2, 0.25) is 0 Å². The predicted octanol–water partition coefficient (Wildman–Crippen LogP) is 3.73. The molecule has 7 nitrogen and oxygen atoms in total. The van der Waals surface area contributed by atoms with Crippen LogP contribution in [0.3, 0.4) is 0 Å². The van der Waals surface area contributed by atoms with Gasteiger partial charge in [0.1, 0.15) is 12.1 Å². The lowest BCUT2D eigenvalue weighted by atomic mass is 10.2. The number of hydrogen-bond donors (Lipinski definition) is 2. The Hall–Kier alpha value is -4.10. The SMILES string of the molecule is C#Cc1cccc(Nc2ncnc3ccc(NC(=O)N(C)CCC#N)cc23)c1. The molecular formula is C21H18N6O. The smallest absolute Gasteiger partial charge is 0.321 e. The fourth-order valence-corrected chi connectivity index (χ4v) is 2.60. The number of nitrogens with one attached hydrogen (secondary N) is 2. The number of fused-ring (bicyclic) bond motifs is 1. The third-order valence-corrected chi connectivity index (χ3v) is 4.08. The average Bonchev–Trinajstić information content (AvgIpc) is 2.72. The molecule has 2 amide bonds. The molecule has 0 aliphatic rings. The molecule has 2 aromatic carbocycles. The number of urea groups is 1. The lowest BCUT2D eigenvalue weighted by molar-refractivity contribution is 0.223. The van der Waals surface area contributed by atoms with Crippen molar-refractivity contribution in [2.75, 3.05) is 24.2 Å². The molecule has 0 spiro atoms. The van der Waals surface area contributed by atoms with Gasteiger partial charge in [-0.15, -0.1) is 6.42 Å². The fraction of sp³-hybridized carbons (Fsp3) is 0.143. The van der Waals surface area contributed by atoms with E-state index in [0.29, 0.717) is 18.1 Å². The maximum atomic E-state index is 12.2. The van der Waals surface area contributed by atoms with Crippen molar-refractivity contribution >= 4 is 34.1 Å². The summed E-state index contributed by atoms with van der Waals surface area (Å²) in [6.07, 6.45) is 7.21. The summed E-state index contributed by atoms with van der Waals surface area (Å²) in [6, 6.07) is 14.6. The highest BCUT2D eigenvalue weighted by atomic mass is 16.2. The topological polar surface area (TPSA) is 93.9 Å². The number of rotatable bonds is 5. The van der Waals surface area contributed by atoms with Crippen LogP contribution in [0.25, 0.3) is 10.9 Å². The molecule has 28 heavy (non-hydrogen) atoms. The molecule has 3 aromatic rings. The number of nitrogens with zero attached hydrogens (tertiary/aromatic N) is 4. The van der Waals surface area contributed by atoms with E-state index in [1.165, 1.54) is 11.2 Å². The highest BCUT2D eigenvalue weighted by molar-refractivity contribution is 5.96. The van der Waals surface area contributed by atoms with Crippen molar-refractivity contribution in [3.63, 3.8) is 0 Å². The Labute approximate surface area is 163 Å². The second kappa shape index (κ2) is 8.52. The number of carbonyl (C=O) groups is 1. The van der Waals surface area contributed by atoms with Gasteiger partial charge in [-0.25, -0.2) is 14.8 Å². The van der Waals surface area contributed by atoms with Crippen LogP contribution >= 0.6 is 0 Å². The van der Waals surface area contributed by atoms with Gasteiger partial charge in [-0.3, -0.25) is 0 Å². The Bertz CT molecular complexity index is 1100. The van der Waals surface area contributed by atoms with E-state index in [9.17, 15) is 4.79 Å². The van der Waals surface area contributed by atoms with Crippen molar-refractivity contribution in [3.05, 3.63) is 54.4 Å². The molecule has 2 N–H and O–H groups in total. The third-order valence-electron chi connectivity index (χ3n) is 4.08. The molecule has 7 heteroatoms. The zero-order valence-electron chi connectivity index (χ0n) is 15.3. The van der Waals surface area contributed by atoms with Crippen molar-refractivity contribution in [3.8, 4) is 18.4 Å². The number of hydrogen-bond acceptors (Lipinski definition) is 5. The highest BCUT2D eigenvalue weighted by Crippen LogP contribution is 2.26. The highest BCUT2D eigenvalue weighted by Gasteiger charge is 2.10. The molecule has 3 rings (SSSR count). The van der Waals surface area contributed by atoms with E-state index < -0.39 is 0 Å². The van der Waals surface area contributed by atoms with Crippen LogP contribution in [0.5, 0.6) is 0 Å². The molecule has 0 aliphatic heterocycles. The molecule has 1 aromatic heterocycles. The molecule has 0 saturated carbocycles. The van der Waals surface area contributed by atoms with Gasteiger partial charge in [-0.05, 0) is 36.4 Å². The van der Waals surface area contributed by atoms with Gasteiger partial charge in [0.05, 0.1) is 18.0 Å². The van der Waals surface area contributed by atoms with E-state index in [2.05, 4.69) is 26.5 Å². The summed E-state index contributed by atoms with van der Waals surface area (Å²) >= 11 is 0. The van der Waals surface area contributed by atoms with E-state index in [0.717, 1.165) is 22.2 Å². The molecule has 0 atom stereocenters. The largest absolute Gasteiger partial charge is 0.340 e. The number of amides is 2. The first-order chi connectivity index (χ1) is 13.6. The van der Waals surface area contributed by atoms with E-state index in [4.69, 9.17) is 11.7 Å². The molecule has 0 unspecified atom stereocenters. The summed E-state index contributed by atoms with van der Waals surface area (Å²) in [4.78, 5) is 22.3. The monoisotopic (exact) mass is 370 g/mol. The molecule has 0 radical (unpaired) electrons. The van der Waals surface area contributed by atoms with Crippen LogP contribution in [0, 0.1) is 23.7 Å². The first kappa shape index (κ1) is 18.7. The van der Waals surface area contributed by atoms with Crippen molar-refractivity contribution in [2.45, 2.75) is 6.42 Å². The Balaban J connectivity index is 1.86. The van der Waals surface area contributed by atoms with Gasteiger partial charge in [-0.2, -0.15) is 5.26 Å². The molecule has 0 aliphatic carbocycles. The van der Waals surface area contributed by atoms with E-state index >= 15 is 0 Å². The van der Waals surface area contributed by atoms with Crippen molar-refractivity contribution in [1.29, 1.82) is 5.26 Å². The molecule has 1 heterocycles. The van der Waals surface area contributed by atoms with Gasteiger partial charge in [0, 0.05) is 35.9 Å². The minimum absolute atomic E-state index is 0.278. The first-order valence-electron chi connectivity index (χ1n) is 8.58. The van der Waals surface area contributed by atoms with Crippen LogP contribution < -0.4 is 10.6 Å². The van der Waals surface area contributed by atoms with E-state index in [-0.39, 0.29) is 12.5 Å². The molecule has 0 bridgehead atoms. The predicted molar refractivity (Wildman–Crippen MR) is 109 cm³/mol. The maximum absolute atomic E-state index is 12.2. The van der Waals surface area contributed by atoms with Crippen LogP contribution in [0.1, 0.15) is 12.0 Å². The normalized spacial score (nSPS) is 9.96. The zero-order valence-corrected chi connectivity index (χ0v) is 15.3. The van der Waals surface area contributed by atoms with E-state index in [1.807, 2.05) is 36.4 Å². The van der Waals surface area contributed by atoms with E-state index in [1.54, 1.807) is 19.2 Å². The van der Waals surface area contributed by atoms with Crippen LogP contribution in [-0.2, 0) is 0 Å². The summed E-state index contributed by atoms with van der Waals surface area (Å²) in [6.45, 7) is 0.358. The minimum atomic E-state index is -0.289. The number of terminal acetylenes is 1. The first-order valence-corrected chi connectivity index (χ1v) is 8.58. The number of benzene rings is 2. The summed E-state index contributed by atoms with van der Waals surface area (Å²) in [5.41, 5.74) is 2.91. The standard InChI is InChI=1S/C21H18N6O/c1-3-15-6-4-7-16(12-15)25-20-18-13-17(8-9-19(18)23-14-24-20)26-21(28)27(2)11-5-10-22/h1,4,6-9,12-14H,5,11H2,2H3,(H,26,28)(H,23,24,25). The Morgan fingerprint density at radius 3 is 2.86 bits per heavy atom. The number of carbonyl (C=O) groups excluding carboxylic acids is 1. The summed E-state index contributed by atoms with van der Waals surface area (Å²) in [5.74, 6) is 3.21. The van der Waals surface area contributed by atoms with Gasteiger partial charge in [0.2, 0.25) is 0 Å². The van der Waals surface area contributed by atoms with Crippen molar-refractivity contribution in [2.24, 2.45) is 0 Å². The Morgan fingerprint density at radius 2 is 2.07 bits per heavy atom.